The number of ether oxygens (including phenoxy) is 2. The van der Waals surface area contributed by atoms with Gasteiger partial charge in [-0.15, -0.1) is 0 Å². The van der Waals surface area contributed by atoms with Gasteiger partial charge in [-0.3, -0.25) is 14.5 Å². The molecule has 5 atom stereocenters. The van der Waals surface area contributed by atoms with Crippen molar-refractivity contribution in [3.05, 3.63) is 48.7 Å². The van der Waals surface area contributed by atoms with E-state index in [1.807, 2.05) is 17.8 Å². The molecule has 1 amide bonds. The van der Waals surface area contributed by atoms with Gasteiger partial charge in [0, 0.05) is 36.9 Å². The summed E-state index contributed by atoms with van der Waals surface area (Å²) in [4.78, 5) is 17.2. The topological polar surface area (TPSA) is 78.3 Å². The van der Waals surface area contributed by atoms with Crippen LogP contribution in [0.1, 0.15) is 38.6 Å². The minimum absolute atomic E-state index is 0.0546. The Morgan fingerprint density at radius 3 is 2.82 bits per heavy atom. The first-order valence-corrected chi connectivity index (χ1v) is 12.2. The van der Waals surface area contributed by atoms with Crippen LogP contribution in [0.25, 0.3) is 10.9 Å². The average molecular weight is 465 g/mol. The summed E-state index contributed by atoms with van der Waals surface area (Å²) >= 11 is 0. The predicted octanol–water partition coefficient (Wildman–Crippen LogP) is 4.60. The van der Waals surface area contributed by atoms with Crippen molar-refractivity contribution in [2.75, 3.05) is 18.5 Å². The van der Waals surface area contributed by atoms with Crippen molar-refractivity contribution in [3.63, 3.8) is 0 Å². The van der Waals surface area contributed by atoms with E-state index in [-0.39, 0.29) is 23.7 Å². The molecule has 3 unspecified atom stereocenters. The fourth-order valence-corrected chi connectivity index (χ4v) is 6.04. The third-order valence-electron chi connectivity index (χ3n) is 7.85. The molecule has 2 aliphatic carbocycles. The van der Waals surface area contributed by atoms with Gasteiger partial charge in [-0.2, -0.15) is 5.10 Å². The number of hydrogen-bond donors (Lipinski definition) is 1. The Hall–Kier alpha value is -3.00. The molecule has 2 aromatic heterocycles. The highest BCUT2D eigenvalue weighted by Gasteiger charge is 2.59. The molecule has 3 fully saturated rings. The third kappa shape index (κ3) is 4.04. The molecular formula is C26H29FN4O3. The van der Waals surface area contributed by atoms with Crippen LogP contribution in [-0.2, 0) is 9.53 Å². The molecule has 1 saturated heterocycles. The molecule has 8 heteroatoms. The highest BCUT2D eigenvalue weighted by atomic mass is 19.1. The maximum Gasteiger partial charge on any atom is 0.227 e. The summed E-state index contributed by atoms with van der Waals surface area (Å²) in [7, 11) is 0. The van der Waals surface area contributed by atoms with Gasteiger partial charge in [0.25, 0.3) is 0 Å². The number of rotatable bonds is 6. The van der Waals surface area contributed by atoms with Crippen LogP contribution in [0.4, 0.5) is 10.1 Å². The second kappa shape index (κ2) is 8.65. The van der Waals surface area contributed by atoms with Crippen LogP contribution in [0.5, 0.6) is 5.75 Å². The van der Waals surface area contributed by atoms with E-state index in [1.165, 1.54) is 12.1 Å². The minimum atomic E-state index is -0.294. The summed E-state index contributed by atoms with van der Waals surface area (Å²) in [6, 6.07) is 6.71. The van der Waals surface area contributed by atoms with Crippen LogP contribution >= 0.6 is 0 Å². The average Bonchev–Trinajstić information content (AvgIpc) is 3.15. The number of hydrogen-bond acceptors (Lipinski definition) is 5. The minimum Gasteiger partial charge on any atom is -0.490 e. The number of halogens is 1. The lowest BCUT2D eigenvalue weighted by Crippen LogP contribution is -2.25. The number of nitrogens with zero attached hydrogens (tertiary/aromatic N) is 3. The Kier molecular flexibility index (Phi) is 5.48. The normalized spacial score (nSPS) is 27.4. The van der Waals surface area contributed by atoms with Gasteiger partial charge in [-0.1, -0.05) is 6.92 Å². The number of aromatic nitrogens is 3. The van der Waals surface area contributed by atoms with Crippen LogP contribution in [0.3, 0.4) is 0 Å². The summed E-state index contributed by atoms with van der Waals surface area (Å²) in [6.45, 7) is 3.54. The number of carbonyl (C=O) groups excluding carboxylic acids is 1. The number of carbonyl (C=O) groups is 1. The van der Waals surface area contributed by atoms with E-state index in [1.54, 1.807) is 24.5 Å². The Bertz CT molecular complexity index is 1200. The van der Waals surface area contributed by atoms with Crippen molar-refractivity contribution in [2.45, 2.75) is 44.8 Å². The van der Waals surface area contributed by atoms with E-state index >= 15 is 0 Å². The van der Waals surface area contributed by atoms with Gasteiger partial charge in [0.2, 0.25) is 5.91 Å². The van der Waals surface area contributed by atoms with Gasteiger partial charge < -0.3 is 14.8 Å². The molecule has 2 saturated carbocycles. The fourth-order valence-electron chi connectivity index (χ4n) is 6.04. The van der Waals surface area contributed by atoms with Gasteiger partial charge in [-0.05, 0) is 67.7 Å². The Morgan fingerprint density at radius 2 is 2.03 bits per heavy atom. The monoisotopic (exact) mass is 464 g/mol. The van der Waals surface area contributed by atoms with E-state index in [0.717, 1.165) is 50.1 Å². The first-order chi connectivity index (χ1) is 16.6. The second-order valence-electron chi connectivity index (χ2n) is 9.92. The molecule has 178 valence electrons. The van der Waals surface area contributed by atoms with Crippen molar-refractivity contribution < 1.29 is 18.7 Å². The zero-order valence-corrected chi connectivity index (χ0v) is 19.2. The lowest BCUT2D eigenvalue weighted by molar-refractivity contribution is -0.120. The number of anilines is 1. The maximum atomic E-state index is 13.7. The molecule has 6 rings (SSSR count). The summed E-state index contributed by atoms with van der Waals surface area (Å²) in [5.41, 5.74) is 1.48. The van der Waals surface area contributed by atoms with Crippen molar-refractivity contribution in [2.24, 2.45) is 23.7 Å². The number of fused-ring (bicyclic) bond motifs is 2. The number of amides is 1. The molecule has 1 aromatic carbocycles. The summed E-state index contributed by atoms with van der Waals surface area (Å²) < 4.78 is 27.4. The molecule has 0 radical (unpaired) electrons. The van der Waals surface area contributed by atoms with E-state index in [0.29, 0.717) is 34.9 Å². The largest absolute Gasteiger partial charge is 0.490 e. The standard InChI is InChI=1S/C26H29FN4O3/c1-15(26(32)30-17-13-29-31(14-17)18-5-8-33-9-6-18)25-20-11-19(12-21(20)25)34-24-4-7-28-23-3-2-16(27)10-22(23)24/h2-4,7,10,13-15,18-21,25H,5-6,8-9,11-12H2,1H3,(H,30,32)/t15?,19?,20-,21+,25?. The summed E-state index contributed by atoms with van der Waals surface area (Å²) in [6.07, 6.45) is 9.20. The lowest BCUT2D eigenvalue weighted by Gasteiger charge is -2.22. The molecule has 3 aromatic rings. The first-order valence-electron chi connectivity index (χ1n) is 12.2. The van der Waals surface area contributed by atoms with Crippen LogP contribution < -0.4 is 10.1 Å². The maximum absolute atomic E-state index is 13.7. The van der Waals surface area contributed by atoms with E-state index < -0.39 is 0 Å². The summed E-state index contributed by atoms with van der Waals surface area (Å²) in [5, 5.41) is 8.21. The molecule has 3 heterocycles. The second-order valence-corrected chi connectivity index (χ2v) is 9.92. The third-order valence-corrected chi connectivity index (χ3v) is 7.85. The molecular weight excluding hydrogens is 435 g/mol. The zero-order valence-electron chi connectivity index (χ0n) is 19.2. The van der Waals surface area contributed by atoms with Crippen LogP contribution in [-0.4, -0.2) is 40.0 Å². The smallest absolute Gasteiger partial charge is 0.227 e. The molecule has 34 heavy (non-hydrogen) atoms. The van der Waals surface area contributed by atoms with E-state index in [2.05, 4.69) is 15.4 Å². The van der Waals surface area contributed by atoms with Crippen molar-refractivity contribution in [3.8, 4) is 5.75 Å². The van der Waals surface area contributed by atoms with Gasteiger partial charge in [-0.25, -0.2) is 4.39 Å². The Labute approximate surface area is 197 Å². The fraction of sp³-hybridized carbons (Fsp3) is 0.500. The predicted molar refractivity (Wildman–Crippen MR) is 125 cm³/mol. The molecule has 3 aliphatic rings. The lowest BCUT2D eigenvalue weighted by atomic mass is 9.97. The number of pyridine rings is 1. The highest BCUT2D eigenvalue weighted by molar-refractivity contribution is 5.92. The van der Waals surface area contributed by atoms with Gasteiger partial charge >= 0.3 is 0 Å². The Balaban J connectivity index is 1.04. The van der Waals surface area contributed by atoms with E-state index in [9.17, 15) is 9.18 Å². The first kappa shape index (κ1) is 21.5. The van der Waals surface area contributed by atoms with E-state index in [4.69, 9.17) is 9.47 Å². The molecule has 1 aliphatic heterocycles. The number of benzene rings is 1. The molecule has 0 spiro atoms. The highest BCUT2D eigenvalue weighted by Crippen LogP contribution is 2.61. The van der Waals surface area contributed by atoms with Gasteiger partial charge in [0.1, 0.15) is 11.6 Å². The van der Waals surface area contributed by atoms with Gasteiger partial charge in [0.15, 0.2) is 0 Å². The van der Waals surface area contributed by atoms with Gasteiger partial charge in [0.05, 0.1) is 29.5 Å². The van der Waals surface area contributed by atoms with Crippen molar-refractivity contribution in [1.82, 2.24) is 14.8 Å². The zero-order chi connectivity index (χ0) is 23.2. The van der Waals surface area contributed by atoms with Crippen LogP contribution in [0.2, 0.25) is 0 Å². The molecule has 7 nitrogen and oxygen atoms in total. The SMILES string of the molecule is CC(C(=O)Nc1cnn(C2CCOCC2)c1)C1[C@H]2CC(Oc3ccnc4ccc(F)cc34)C[C@@H]12. The molecule has 0 bridgehead atoms. The van der Waals surface area contributed by atoms with Crippen LogP contribution in [0.15, 0.2) is 42.9 Å². The van der Waals surface area contributed by atoms with Crippen molar-refractivity contribution >= 4 is 22.5 Å². The van der Waals surface area contributed by atoms with Crippen LogP contribution in [0, 0.1) is 29.5 Å². The number of nitrogens with one attached hydrogen (secondary N) is 1. The van der Waals surface area contributed by atoms with Crippen molar-refractivity contribution in [1.29, 1.82) is 0 Å². The quantitative estimate of drug-likeness (QED) is 0.577. The Morgan fingerprint density at radius 1 is 1.24 bits per heavy atom. The molecule has 1 N–H and O–H groups in total. The summed E-state index contributed by atoms with van der Waals surface area (Å²) in [5.74, 6) is 1.77.